The first-order chi connectivity index (χ1) is 9.77. The van der Waals surface area contributed by atoms with Crippen LogP contribution in [0, 0.1) is 5.92 Å². The molecule has 0 radical (unpaired) electrons. The molecule has 1 amide bonds. The van der Waals surface area contributed by atoms with E-state index >= 15 is 0 Å². The van der Waals surface area contributed by atoms with Crippen LogP contribution >= 0.6 is 11.3 Å². The van der Waals surface area contributed by atoms with Crippen LogP contribution in [0.5, 0.6) is 0 Å². The number of amides is 1. The fourth-order valence-electron chi connectivity index (χ4n) is 2.62. The summed E-state index contributed by atoms with van der Waals surface area (Å²) in [5.74, 6) is -0.483. The summed E-state index contributed by atoms with van der Waals surface area (Å²) in [6, 6.07) is 1.97. The molecule has 0 fully saturated rings. The molecule has 1 unspecified atom stereocenters. The topological polar surface area (TPSA) is 57.6 Å². The van der Waals surface area contributed by atoms with Gasteiger partial charge in [0.1, 0.15) is 5.54 Å². The molecule has 1 aliphatic rings. The molecule has 2 rings (SSSR count). The van der Waals surface area contributed by atoms with Gasteiger partial charge < -0.3 is 10.0 Å². The maximum atomic E-state index is 12.5. The summed E-state index contributed by atoms with van der Waals surface area (Å²) in [6.07, 6.45) is 4.44. The SMILES string of the molecule is CCC1CCc2sc(C(=O)N(C)C(C)(C)C(=O)O)cc2C1. The third-order valence-corrected chi connectivity index (χ3v) is 5.86. The molecule has 116 valence electrons. The number of aliphatic carboxylic acids is 1. The van der Waals surface area contributed by atoms with E-state index in [-0.39, 0.29) is 5.91 Å². The molecule has 0 spiro atoms. The molecule has 1 aromatic heterocycles. The van der Waals surface area contributed by atoms with E-state index in [1.54, 1.807) is 20.9 Å². The van der Waals surface area contributed by atoms with Crippen molar-refractivity contribution in [2.24, 2.45) is 5.92 Å². The molecule has 0 aromatic carbocycles. The van der Waals surface area contributed by atoms with Crippen molar-refractivity contribution in [3.63, 3.8) is 0 Å². The Bertz CT molecular complexity index is 562. The molecule has 0 bridgehead atoms. The first-order valence-electron chi connectivity index (χ1n) is 7.40. The first kappa shape index (κ1) is 16.0. The molecule has 0 aliphatic heterocycles. The van der Waals surface area contributed by atoms with E-state index in [1.165, 1.54) is 39.5 Å². The first-order valence-corrected chi connectivity index (χ1v) is 8.22. The molecule has 21 heavy (non-hydrogen) atoms. The van der Waals surface area contributed by atoms with Crippen molar-refractivity contribution in [3.8, 4) is 0 Å². The third kappa shape index (κ3) is 2.98. The van der Waals surface area contributed by atoms with Gasteiger partial charge in [-0.15, -0.1) is 11.3 Å². The van der Waals surface area contributed by atoms with Crippen molar-refractivity contribution >= 4 is 23.2 Å². The number of rotatable bonds is 4. The summed E-state index contributed by atoms with van der Waals surface area (Å²) >= 11 is 1.53. The lowest BCUT2D eigenvalue weighted by Crippen LogP contribution is -2.50. The number of carbonyl (C=O) groups excluding carboxylic acids is 1. The quantitative estimate of drug-likeness (QED) is 0.929. The van der Waals surface area contributed by atoms with E-state index in [2.05, 4.69) is 6.92 Å². The monoisotopic (exact) mass is 309 g/mol. The van der Waals surface area contributed by atoms with Gasteiger partial charge in [0.2, 0.25) is 0 Å². The standard InChI is InChI=1S/C16H23NO3S/c1-5-10-6-7-12-11(8-10)9-13(21-12)14(18)17(4)16(2,3)15(19)20/h9-10H,5-8H2,1-4H3,(H,19,20). The van der Waals surface area contributed by atoms with Gasteiger partial charge in [-0.25, -0.2) is 4.79 Å². The lowest BCUT2D eigenvalue weighted by Gasteiger charge is -2.31. The summed E-state index contributed by atoms with van der Waals surface area (Å²) in [6.45, 7) is 5.30. The predicted octanol–water partition coefficient (Wildman–Crippen LogP) is 3.20. The largest absolute Gasteiger partial charge is 0.480 e. The molecule has 1 aliphatic carbocycles. The zero-order chi connectivity index (χ0) is 15.8. The highest BCUT2D eigenvalue weighted by atomic mass is 32.1. The van der Waals surface area contributed by atoms with Crippen LogP contribution in [0.4, 0.5) is 0 Å². The Morgan fingerprint density at radius 2 is 2.14 bits per heavy atom. The Morgan fingerprint density at radius 3 is 2.71 bits per heavy atom. The van der Waals surface area contributed by atoms with Crippen molar-refractivity contribution in [1.29, 1.82) is 0 Å². The zero-order valence-corrected chi connectivity index (χ0v) is 13.9. The number of carboxylic acids is 1. The van der Waals surface area contributed by atoms with Gasteiger partial charge >= 0.3 is 5.97 Å². The van der Waals surface area contributed by atoms with Crippen LogP contribution in [0.15, 0.2) is 6.07 Å². The van der Waals surface area contributed by atoms with Gasteiger partial charge in [0.05, 0.1) is 4.88 Å². The van der Waals surface area contributed by atoms with E-state index in [0.29, 0.717) is 10.8 Å². The summed E-state index contributed by atoms with van der Waals surface area (Å²) in [5, 5.41) is 9.25. The van der Waals surface area contributed by atoms with Crippen LogP contribution in [0.2, 0.25) is 0 Å². The molecule has 0 saturated carbocycles. The van der Waals surface area contributed by atoms with Crippen molar-refractivity contribution in [2.45, 2.75) is 52.0 Å². The number of thiophene rings is 1. The minimum absolute atomic E-state index is 0.199. The summed E-state index contributed by atoms with van der Waals surface area (Å²) in [5.41, 5.74) is 0.0797. The molecule has 1 aromatic rings. The second-order valence-electron chi connectivity index (χ2n) is 6.30. The van der Waals surface area contributed by atoms with E-state index in [4.69, 9.17) is 0 Å². The summed E-state index contributed by atoms with van der Waals surface area (Å²) in [4.78, 5) is 27.1. The number of likely N-dealkylation sites (N-methyl/N-ethyl adjacent to an activating group) is 1. The highest BCUT2D eigenvalue weighted by molar-refractivity contribution is 7.14. The van der Waals surface area contributed by atoms with Gasteiger partial charge in [-0.3, -0.25) is 4.79 Å². The molecule has 4 nitrogen and oxygen atoms in total. The Balaban J connectivity index is 2.22. The van der Waals surface area contributed by atoms with Crippen LogP contribution in [-0.2, 0) is 17.6 Å². The lowest BCUT2D eigenvalue weighted by atomic mass is 9.87. The van der Waals surface area contributed by atoms with Gasteiger partial charge in [0, 0.05) is 11.9 Å². The van der Waals surface area contributed by atoms with E-state index in [1.807, 2.05) is 6.07 Å². The Kier molecular flexibility index (Phi) is 4.42. The zero-order valence-electron chi connectivity index (χ0n) is 13.1. The van der Waals surface area contributed by atoms with Crippen molar-refractivity contribution in [3.05, 3.63) is 21.4 Å². The molecular formula is C16H23NO3S. The van der Waals surface area contributed by atoms with E-state index < -0.39 is 11.5 Å². The maximum absolute atomic E-state index is 12.5. The van der Waals surface area contributed by atoms with Crippen LogP contribution in [0.25, 0.3) is 0 Å². The fraction of sp³-hybridized carbons (Fsp3) is 0.625. The molecule has 1 atom stereocenters. The van der Waals surface area contributed by atoms with E-state index in [0.717, 1.165) is 12.8 Å². The molecule has 1 N–H and O–H groups in total. The van der Waals surface area contributed by atoms with Gasteiger partial charge in [-0.1, -0.05) is 13.3 Å². The number of fused-ring (bicyclic) bond motifs is 1. The Morgan fingerprint density at radius 1 is 1.48 bits per heavy atom. The Hall–Kier alpha value is -1.36. The number of aryl methyl sites for hydroxylation is 1. The highest BCUT2D eigenvalue weighted by Gasteiger charge is 2.36. The van der Waals surface area contributed by atoms with Gasteiger partial charge in [-0.2, -0.15) is 0 Å². The van der Waals surface area contributed by atoms with Gasteiger partial charge in [-0.05, 0) is 50.7 Å². The molecule has 5 heteroatoms. The third-order valence-electron chi connectivity index (χ3n) is 4.64. The minimum Gasteiger partial charge on any atom is -0.480 e. The molecular weight excluding hydrogens is 286 g/mol. The van der Waals surface area contributed by atoms with Crippen LogP contribution < -0.4 is 0 Å². The second kappa shape index (κ2) is 5.79. The van der Waals surface area contributed by atoms with Crippen LogP contribution in [0.3, 0.4) is 0 Å². The second-order valence-corrected chi connectivity index (χ2v) is 7.44. The number of carbonyl (C=O) groups is 2. The fourth-order valence-corrected chi connectivity index (χ4v) is 3.80. The average Bonchev–Trinajstić information content (AvgIpc) is 2.87. The van der Waals surface area contributed by atoms with Crippen LogP contribution in [-0.4, -0.2) is 34.5 Å². The Labute approximate surface area is 129 Å². The van der Waals surface area contributed by atoms with Crippen molar-refractivity contribution in [1.82, 2.24) is 4.90 Å². The smallest absolute Gasteiger partial charge is 0.329 e. The molecule has 1 heterocycles. The predicted molar refractivity (Wildman–Crippen MR) is 83.9 cm³/mol. The van der Waals surface area contributed by atoms with Gasteiger partial charge in [0.25, 0.3) is 5.91 Å². The van der Waals surface area contributed by atoms with Crippen LogP contribution in [0.1, 0.15) is 53.7 Å². The number of hydrogen-bond acceptors (Lipinski definition) is 3. The lowest BCUT2D eigenvalue weighted by molar-refractivity contribution is -0.147. The highest BCUT2D eigenvalue weighted by Crippen LogP contribution is 2.34. The summed E-state index contributed by atoms with van der Waals surface area (Å²) in [7, 11) is 1.56. The minimum atomic E-state index is -1.20. The molecule has 0 saturated heterocycles. The summed E-state index contributed by atoms with van der Waals surface area (Å²) < 4.78 is 0. The average molecular weight is 309 g/mol. The van der Waals surface area contributed by atoms with E-state index in [9.17, 15) is 14.7 Å². The van der Waals surface area contributed by atoms with Crippen molar-refractivity contribution < 1.29 is 14.7 Å². The maximum Gasteiger partial charge on any atom is 0.329 e. The number of carboxylic acid groups (broad SMARTS) is 1. The number of hydrogen-bond donors (Lipinski definition) is 1. The van der Waals surface area contributed by atoms with Gasteiger partial charge in [0.15, 0.2) is 0 Å². The van der Waals surface area contributed by atoms with Crippen molar-refractivity contribution in [2.75, 3.05) is 7.05 Å². The number of nitrogens with zero attached hydrogens (tertiary/aromatic N) is 1. The normalized spacial score (nSPS) is 18.2.